The lowest BCUT2D eigenvalue weighted by atomic mass is 9.88. The van der Waals surface area contributed by atoms with Gasteiger partial charge in [-0.2, -0.15) is 0 Å². The Labute approximate surface area is 110 Å². The van der Waals surface area contributed by atoms with E-state index in [0.717, 1.165) is 34.4 Å². The summed E-state index contributed by atoms with van der Waals surface area (Å²) in [7, 11) is 3.36. The highest BCUT2D eigenvalue weighted by molar-refractivity contribution is 9.10. The van der Waals surface area contributed by atoms with E-state index in [4.69, 9.17) is 15.2 Å². The number of hydrogen-bond donors (Lipinski definition) is 1. The molecule has 1 aliphatic carbocycles. The normalized spacial score (nSPS) is 18.6. The number of ether oxygens (including phenoxy) is 2. The van der Waals surface area contributed by atoms with Gasteiger partial charge in [0.2, 0.25) is 0 Å². The molecule has 1 aromatic carbocycles. The molecule has 4 heteroatoms. The molecular weight excluding hydrogens is 282 g/mol. The Morgan fingerprint density at radius 3 is 2.35 bits per heavy atom. The van der Waals surface area contributed by atoms with Crippen LogP contribution >= 0.6 is 15.9 Å². The predicted octanol–water partition coefficient (Wildman–Crippen LogP) is 2.85. The van der Waals surface area contributed by atoms with E-state index in [0.29, 0.717) is 0 Å². The maximum atomic E-state index is 6.12. The maximum absolute atomic E-state index is 6.12. The van der Waals surface area contributed by atoms with Gasteiger partial charge in [0.15, 0.2) is 0 Å². The van der Waals surface area contributed by atoms with Crippen molar-refractivity contribution in [3.05, 3.63) is 22.2 Å². The lowest BCUT2D eigenvalue weighted by Gasteiger charge is -2.24. The fourth-order valence-corrected chi connectivity index (χ4v) is 2.97. The Kier molecular flexibility index (Phi) is 3.36. The van der Waals surface area contributed by atoms with Crippen molar-refractivity contribution in [1.82, 2.24) is 0 Å². The number of nitrogens with two attached hydrogens (primary N) is 1. The SMILES string of the molecule is COc1cc(Br)c(OC)c(C2(C(C)N)CC2)c1. The molecule has 1 aromatic rings. The second-order valence-electron chi connectivity index (χ2n) is 4.63. The Bertz CT molecular complexity index is 428. The van der Waals surface area contributed by atoms with Crippen molar-refractivity contribution >= 4 is 15.9 Å². The predicted molar refractivity (Wildman–Crippen MR) is 71.8 cm³/mol. The van der Waals surface area contributed by atoms with Gasteiger partial charge in [-0.05, 0) is 47.8 Å². The Morgan fingerprint density at radius 2 is 1.94 bits per heavy atom. The van der Waals surface area contributed by atoms with E-state index in [1.165, 1.54) is 0 Å². The molecule has 1 saturated carbocycles. The van der Waals surface area contributed by atoms with E-state index in [-0.39, 0.29) is 11.5 Å². The first-order valence-electron chi connectivity index (χ1n) is 5.72. The van der Waals surface area contributed by atoms with Crippen molar-refractivity contribution in [2.75, 3.05) is 14.2 Å². The van der Waals surface area contributed by atoms with Crippen molar-refractivity contribution < 1.29 is 9.47 Å². The van der Waals surface area contributed by atoms with Crippen LogP contribution in [-0.2, 0) is 5.41 Å². The molecule has 94 valence electrons. The van der Waals surface area contributed by atoms with E-state index in [9.17, 15) is 0 Å². The molecule has 0 spiro atoms. The first-order valence-corrected chi connectivity index (χ1v) is 6.52. The summed E-state index contributed by atoms with van der Waals surface area (Å²) in [5.74, 6) is 1.71. The van der Waals surface area contributed by atoms with E-state index >= 15 is 0 Å². The molecule has 0 heterocycles. The summed E-state index contributed by atoms with van der Waals surface area (Å²) in [4.78, 5) is 0. The van der Waals surface area contributed by atoms with Gasteiger partial charge in [0, 0.05) is 17.0 Å². The monoisotopic (exact) mass is 299 g/mol. The summed E-state index contributed by atoms with van der Waals surface area (Å²) in [5, 5.41) is 0. The molecule has 1 atom stereocenters. The Morgan fingerprint density at radius 1 is 1.29 bits per heavy atom. The molecule has 17 heavy (non-hydrogen) atoms. The minimum Gasteiger partial charge on any atom is -0.497 e. The zero-order valence-electron chi connectivity index (χ0n) is 10.4. The number of benzene rings is 1. The molecule has 0 amide bonds. The van der Waals surface area contributed by atoms with Gasteiger partial charge in [-0.1, -0.05) is 0 Å². The molecule has 0 saturated heterocycles. The molecule has 1 unspecified atom stereocenters. The average Bonchev–Trinajstić information content (AvgIpc) is 3.09. The molecule has 0 aromatic heterocycles. The number of rotatable bonds is 4. The Balaban J connectivity index is 2.55. The first-order chi connectivity index (χ1) is 8.05. The van der Waals surface area contributed by atoms with Crippen LogP contribution in [0.5, 0.6) is 11.5 Å². The van der Waals surface area contributed by atoms with Crippen molar-refractivity contribution in [3.8, 4) is 11.5 Å². The fourth-order valence-electron chi connectivity index (χ4n) is 2.37. The molecule has 0 bridgehead atoms. The smallest absolute Gasteiger partial charge is 0.137 e. The number of halogens is 1. The standard InChI is InChI=1S/C13H18BrNO2/c1-8(15)13(4-5-13)10-6-9(16-2)7-11(14)12(10)17-3/h6-8H,4-5,15H2,1-3H3. The summed E-state index contributed by atoms with van der Waals surface area (Å²) in [6.07, 6.45) is 2.22. The third-order valence-corrected chi connectivity index (χ3v) is 4.24. The molecular formula is C13H18BrNO2. The summed E-state index contributed by atoms with van der Waals surface area (Å²) < 4.78 is 11.7. The fraction of sp³-hybridized carbons (Fsp3) is 0.538. The zero-order chi connectivity index (χ0) is 12.6. The van der Waals surface area contributed by atoms with E-state index < -0.39 is 0 Å². The molecule has 2 N–H and O–H groups in total. The highest BCUT2D eigenvalue weighted by Gasteiger charge is 2.49. The van der Waals surface area contributed by atoms with Crippen molar-refractivity contribution in [1.29, 1.82) is 0 Å². The van der Waals surface area contributed by atoms with Crippen molar-refractivity contribution in [3.63, 3.8) is 0 Å². The maximum Gasteiger partial charge on any atom is 0.137 e. The lowest BCUT2D eigenvalue weighted by Crippen LogP contribution is -2.32. The average molecular weight is 300 g/mol. The van der Waals surface area contributed by atoms with Gasteiger partial charge in [0.25, 0.3) is 0 Å². The van der Waals surface area contributed by atoms with Gasteiger partial charge in [0.1, 0.15) is 11.5 Å². The third kappa shape index (κ3) is 2.04. The van der Waals surface area contributed by atoms with E-state index in [1.54, 1.807) is 14.2 Å². The summed E-state index contributed by atoms with van der Waals surface area (Å²) >= 11 is 3.52. The van der Waals surface area contributed by atoms with Crippen LogP contribution in [0.3, 0.4) is 0 Å². The second kappa shape index (κ2) is 4.50. The third-order valence-electron chi connectivity index (χ3n) is 3.65. The van der Waals surface area contributed by atoms with Gasteiger partial charge >= 0.3 is 0 Å². The van der Waals surface area contributed by atoms with Crippen molar-refractivity contribution in [2.24, 2.45) is 5.73 Å². The molecule has 1 aliphatic rings. The minimum atomic E-state index is 0.0579. The minimum absolute atomic E-state index is 0.0579. The first kappa shape index (κ1) is 12.7. The van der Waals surface area contributed by atoms with Gasteiger partial charge < -0.3 is 15.2 Å². The van der Waals surface area contributed by atoms with Gasteiger partial charge in [-0.25, -0.2) is 0 Å². The Hall–Kier alpha value is -0.740. The van der Waals surface area contributed by atoms with Gasteiger partial charge in [-0.3, -0.25) is 0 Å². The van der Waals surface area contributed by atoms with E-state index in [2.05, 4.69) is 22.9 Å². The highest BCUT2D eigenvalue weighted by Crippen LogP contribution is 2.55. The quantitative estimate of drug-likeness (QED) is 0.930. The number of methoxy groups -OCH3 is 2. The zero-order valence-corrected chi connectivity index (χ0v) is 12.0. The molecule has 0 aliphatic heterocycles. The van der Waals surface area contributed by atoms with Crippen LogP contribution < -0.4 is 15.2 Å². The summed E-state index contributed by atoms with van der Waals surface area (Å²) in [5.41, 5.74) is 7.33. The van der Waals surface area contributed by atoms with Crippen LogP contribution in [-0.4, -0.2) is 20.3 Å². The van der Waals surface area contributed by atoms with Crippen molar-refractivity contribution in [2.45, 2.75) is 31.2 Å². The van der Waals surface area contributed by atoms with Gasteiger partial charge in [0.05, 0.1) is 18.7 Å². The van der Waals surface area contributed by atoms with E-state index in [1.807, 2.05) is 12.1 Å². The van der Waals surface area contributed by atoms with Gasteiger partial charge in [-0.15, -0.1) is 0 Å². The molecule has 1 fully saturated rings. The number of hydrogen-bond acceptors (Lipinski definition) is 3. The summed E-state index contributed by atoms with van der Waals surface area (Å²) in [6.45, 7) is 2.06. The largest absolute Gasteiger partial charge is 0.497 e. The molecule has 0 radical (unpaired) electrons. The van der Waals surface area contributed by atoms with Crippen LogP contribution in [0.25, 0.3) is 0 Å². The second-order valence-corrected chi connectivity index (χ2v) is 5.49. The topological polar surface area (TPSA) is 44.5 Å². The van der Waals surface area contributed by atoms with Crippen LogP contribution in [0, 0.1) is 0 Å². The van der Waals surface area contributed by atoms with Crippen LogP contribution in [0.2, 0.25) is 0 Å². The van der Waals surface area contributed by atoms with Crippen LogP contribution in [0.4, 0.5) is 0 Å². The van der Waals surface area contributed by atoms with Crippen LogP contribution in [0.15, 0.2) is 16.6 Å². The van der Waals surface area contributed by atoms with Crippen LogP contribution in [0.1, 0.15) is 25.3 Å². The highest BCUT2D eigenvalue weighted by atomic mass is 79.9. The molecule has 2 rings (SSSR count). The lowest BCUT2D eigenvalue weighted by molar-refractivity contribution is 0.386. The summed E-state index contributed by atoms with van der Waals surface area (Å²) in [6, 6.07) is 4.08. The molecule has 3 nitrogen and oxygen atoms in total.